The standard InChI is InChI=1S/C13H12BrNO/c1-15-8-7-12(14)11(13(15)16)9-10-5-3-2-4-6-10/h2-8H,9H2,1H3. The molecule has 0 N–H and O–H groups in total. The van der Waals surface area contributed by atoms with E-state index in [9.17, 15) is 4.79 Å². The molecule has 1 aromatic carbocycles. The largest absolute Gasteiger partial charge is 0.318 e. The van der Waals surface area contributed by atoms with E-state index in [0.717, 1.165) is 15.6 Å². The minimum Gasteiger partial charge on any atom is -0.318 e. The number of aromatic nitrogens is 1. The zero-order valence-corrected chi connectivity index (χ0v) is 10.6. The zero-order valence-electron chi connectivity index (χ0n) is 8.98. The first-order valence-electron chi connectivity index (χ1n) is 5.06. The summed E-state index contributed by atoms with van der Waals surface area (Å²) >= 11 is 3.43. The Kier molecular flexibility index (Phi) is 3.25. The fraction of sp³-hybridized carbons (Fsp3) is 0.154. The van der Waals surface area contributed by atoms with Crippen LogP contribution in [0.2, 0.25) is 0 Å². The number of benzene rings is 1. The lowest BCUT2D eigenvalue weighted by molar-refractivity contribution is 0.835. The lowest BCUT2D eigenvalue weighted by Gasteiger charge is -2.06. The van der Waals surface area contributed by atoms with E-state index >= 15 is 0 Å². The van der Waals surface area contributed by atoms with Crippen LogP contribution < -0.4 is 5.56 Å². The highest BCUT2D eigenvalue weighted by molar-refractivity contribution is 9.10. The number of nitrogens with zero attached hydrogens (tertiary/aromatic N) is 1. The third-order valence-corrected chi connectivity index (χ3v) is 3.28. The van der Waals surface area contributed by atoms with Gasteiger partial charge in [0.2, 0.25) is 0 Å². The van der Waals surface area contributed by atoms with Crippen LogP contribution in [0.4, 0.5) is 0 Å². The molecule has 2 nitrogen and oxygen atoms in total. The molecule has 3 heteroatoms. The molecule has 0 saturated carbocycles. The smallest absolute Gasteiger partial charge is 0.254 e. The molecule has 0 amide bonds. The Labute approximate surface area is 103 Å². The number of halogens is 1. The van der Waals surface area contributed by atoms with E-state index in [1.165, 1.54) is 0 Å². The third kappa shape index (κ3) is 2.25. The molecule has 1 heterocycles. The molecule has 0 aliphatic heterocycles. The van der Waals surface area contributed by atoms with E-state index in [1.807, 2.05) is 36.4 Å². The second-order valence-corrected chi connectivity index (χ2v) is 4.57. The van der Waals surface area contributed by atoms with Crippen LogP contribution in [0.5, 0.6) is 0 Å². The summed E-state index contributed by atoms with van der Waals surface area (Å²) in [6.07, 6.45) is 2.43. The molecule has 0 bridgehead atoms. The first-order valence-corrected chi connectivity index (χ1v) is 5.85. The predicted octanol–water partition coefficient (Wildman–Crippen LogP) is 2.74. The number of rotatable bonds is 2. The number of hydrogen-bond donors (Lipinski definition) is 0. The number of hydrogen-bond acceptors (Lipinski definition) is 1. The normalized spacial score (nSPS) is 10.4. The van der Waals surface area contributed by atoms with Gasteiger partial charge in [0.1, 0.15) is 0 Å². The second kappa shape index (κ2) is 4.66. The van der Waals surface area contributed by atoms with Crippen molar-refractivity contribution in [2.75, 3.05) is 0 Å². The van der Waals surface area contributed by atoms with Crippen molar-refractivity contribution in [2.45, 2.75) is 6.42 Å². The molecule has 0 radical (unpaired) electrons. The highest BCUT2D eigenvalue weighted by Crippen LogP contribution is 2.15. The summed E-state index contributed by atoms with van der Waals surface area (Å²) in [6.45, 7) is 0. The summed E-state index contributed by atoms with van der Waals surface area (Å²) in [5.74, 6) is 0. The molecule has 1 aromatic heterocycles. The maximum absolute atomic E-state index is 11.9. The first-order chi connectivity index (χ1) is 7.68. The quantitative estimate of drug-likeness (QED) is 0.828. The lowest BCUT2D eigenvalue weighted by Crippen LogP contribution is -2.21. The van der Waals surface area contributed by atoms with Crippen molar-refractivity contribution in [3.8, 4) is 0 Å². The average Bonchev–Trinajstić information content (AvgIpc) is 2.31. The predicted molar refractivity (Wildman–Crippen MR) is 68.6 cm³/mol. The van der Waals surface area contributed by atoms with Crippen molar-refractivity contribution in [3.63, 3.8) is 0 Å². The molecular weight excluding hydrogens is 266 g/mol. The minimum absolute atomic E-state index is 0.0539. The van der Waals surface area contributed by atoms with Crippen molar-refractivity contribution in [2.24, 2.45) is 7.05 Å². The molecular formula is C13H12BrNO. The Morgan fingerprint density at radius 2 is 1.88 bits per heavy atom. The summed E-state index contributed by atoms with van der Waals surface area (Å²) < 4.78 is 2.47. The van der Waals surface area contributed by atoms with Crippen molar-refractivity contribution >= 4 is 15.9 Å². The van der Waals surface area contributed by atoms with Crippen LogP contribution in [-0.2, 0) is 13.5 Å². The molecule has 16 heavy (non-hydrogen) atoms. The van der Waals surface area contributed by atoms with Gasteiger partial charge in [-0.25, -0.2) is 0 Å². The van der Waals surface area contributed by atoms with Crippen LogP contribution in [0.1, 0.15) is 11.1 Å². The van der Waals surface area contributed by atoms with E-state index in [-0.39, 0.29) is 5.56 Å². The average molecular weight is 278 g/mol. The van der Waals surface area contributed by atoms with Gasteiger partial charge in [-0.05, 0) is 11.6 Å². The Balaban J connectivity index is 2.43. The van der Waals surface area contributed by atoms with Gasteiger partial charge in [-0.3, -0.25) is 4.79 Å². The Morgan fingerprint density at radius 3 is 2.56 bits per heavy atom. The van der Waals surface area contributed by atoms with Crippen molar-refractivity contribution < 1.29 is 0 Å². The molecule has 0 fully saturated rings. The molecule has 2 rings (SSSR count). The molecule has 0 aliphatic carbocycles. The van der Waals surface area contributed by atoms with E-state index in [4.69, 9.17) is 0 Å². The SMILES string of the molecule is Cn1ccc(Br)c(Cc2ccccc2)c1=O. The van der Waals surface area contributed by atoms with Crippen molar-refractivity contribution in [1.82, 2.24) is 4.57 Å². The van der Waals surface area contributed by atoms with Crippen LogP contribution in [0, 0.1) is 0 Å². The van der Waals surface area contributed by atoms with Crippen LogP contribution >= 0.6 is 15.9 Å². The molecule has 0 atom stereocenters. The fourth-order valence-electron chi connectivity index (χ4n) is 1.62. The van der Waals surface area contributed by atoms with Gasteiger partial charge in [-0.2, -0.15) is 0 Å². The van der Waals surface area contributed by atoms with Gasteiger partial charge < -0.3 is 4.57 Å². The maximum Gasteiger partial charge on any atom is 0.254 e. The van der Waals surface area contributed by atoms with Gasteiger partial charge >= 0.3 is 0 Å². The second-order valence-electron chi connectivity index (χ2n) is 3.72. The Morgan fingerprint density at radius 1 is 1.19 bits per heavy atom. The van der Waals surface area contributed by atoms with Crippen molar-refractivity contribution in [3.05, 3.63) is 68.5 Å². The summed E-state index contributed by atoms with van der Waals surface area (Å²) in [7, 11) is 1.77. The summed E-state index contributed by atoms with van der Waals surface area (Å²) in [5.41, 5.74) is 2.00. The molecule has 0 aliphatic rings. The lowest BCUT2D eigenvalue weighted by atomic mass is 10.1. The van der Waals surface area contributed by atoms with Gasteiger partial charge in [0.05, 0.1) is 0 Å². The monoisotopic (exact) mass is 277 g/mol. The van der Waals surface area contributed by atoms with Gasteiger partial charge in [-0.1, -0.05) is 46.3 Å². The zero-order chi connectivity index (χ0) is 11.5. The van der Waals surface area contributed by atoms with E-state index in [0.29, 0.717) is 6.42 Å². The number of aryl methyl sites for hydroxylation is 1. The molecule has 82 valence electrons. The molecule has 0 spiro atoms. The Hall–Kier alpha value is -1.35. The maximum atomic E-state index is 11.9. The highest BCUT2D eigenvalue weighted by Gasteiger charge is 2.07. The van der Waals surface area contributed by atoms with E-state index in [1.54, 1.807) is 17.8 Å². The third-order valence-electron chi connectivity index (χ3n) is 2.53. The minimum atomic E-state index is 0.0539. The molecule has 0 unspecified atom stereocenters. The van der Waals surface area contributed by atoms with Gasteiger partial charge in [0, 0.05) is 29.7 Å². The summed E-state index contributed by atoms with van der Waals surface area (Å²) in [4.78, 5) is 11.9. The van der Waals surface area contributed by atoms with Crippen LogP contribution in [0.3, 0.4) is 0 Å². The van der Waals surface area contributed by atoms with Crippen molar-refractivity contribution in [1.29, 1.82) is 0 Å². The van der Waals surface area contributed by atoms with Gasteiger partial charge in [0.25, 0.3) is 5.56 Å². The van der Waals surface area contributed by atoms with Crippen LogP contribution in [0.25, 0.3) is 0 Å². The Bertz CT molecular complexity index is 546. The van der Waals surface area contributed by atoms with Crippen LogP contribution in [-0.4, -0.2) is 4.57 Å². The van der Waals surface area contributed by atoms with Gasteiger partial charge in [0.15, 0.2) is 0 Å². The molecule has 0 saturated heterocycles. The van der Waals surface area contributed by atoms with E-state index < -0.39 is 0 Å². The van der Waals surface area contributed by atoms with Gasteiger partial charge in [-0.15, -0.1) is 0 Å². The fourth-order valence-corrected chi connectivity index (χ4v) is 2.05. The topological polar surface area (TPSA) is 22.0 Å². The highest BCUT2D eigenvalue weighted by atomic mass is 79.9. The summed E-state index contributed by atoms with van der Waals surface area (Å²) in [6, 6.07) is 11.9. The first kappa shape index (κ1) is 11.1. The number of pyridine rings is 1. The molecule has 2 aromatic rings. The summed E-state index contributed by atoms with van der Waals surface area (Å²) in [5, 5.41) is 0. The van der Waals surface area contributed by atoms with Crippen LogP contribution in [0.15, 0.2) is 51.9 Å². The van der Waals surface area contributed by atoms with E-state index in [2.05, 4.69) is 15.9 Å².